The minimum absolute atomic E-state index is 0.0180. The van der Waals surface area contributed by atoms with E-state index in [9.17, 15) is 23.1 Å². The van der Waals surface area contributed by atoms with Crippen LogP contribution in [0.25, 0.3) is 0 Å². The van der Waals surface area contributed by atoms with E-state index in [0.29, 0.717) is 29.7 Å². The summed E-state index contributed by atoms with van der Waals surface area (Å²) in [7, 11) is 0. The molecule has 1 unspecified atom stereocenters. The van der Waals surface area contributed by atoms with E-state index in [-0.39, 0.29) is 23.9 Å². The van der Waals surface area contributed by atoms with E-state index in [1.54, 1.807) is 0 Å². The van der Waals surface area contributed by atoms with Crippen LogP contribution in [-0.2, 0) is 24.7 Å². The summed E-state index contributed by atoms with van der Waals surface area (Å²) in [6.45, 7) is 7.25. The van der Waals surface area contributed by atoms with Gasteiger partial charge in [-0.25, -0.2) is 19.8 Å². The number of rotatable bonds is 10. The molecule has 44 heavy (non-hydrogen) atoms. The number of carboxylic acids is 1. The molecule has 1 aliphatic heterocycles. The lowest BCUT2D eigenvalue weighted by atomic mass is 9.80. The Hall–Kier alpha value is -3.99. The summed E-state index contributed by atoms with van der Waals surface area (Å²) in [4.78, 5) is 29.4. The standard InChI is InChI=1S/C33H37F3N6O2/c1-21(23-8-5-9-23)38-29-27(28(37-2)39-30(40-29)31(43)44)41(19-22-11-13-25(14-12-22)33(34,35)36)20-42-18-6-16-32(42)17-15-24-7-3-4-10-26(24)32/h3-4,7,10-14,21,23H,2,5-6,8-9,15-20H2,1H3,(H,43,44)(H,38,39,40)/t21-,32?/m1/s1. The monoisotopic (exact) mass is 606 g/mol. The van der Waals surface area contributed by atoms with Gasteiger partial charge in [0, 0.05) is 24.7 Å². The number of fused-ring (bicyclic) bond motifs is 2. The molecular weight excluding hydrogens is 569 g/mol. The van der Waals surface area contributed by atoms with Crippen LogP contribution in [0.2, 0.25) is 0 Å². The Bertz CT molecular complexity index is 1540. The van der Waals surface area contributed by atoms with E-state index in [2.05, 4.69) is 63.1 Å². The van der Waals surface area contributed by atoms with Crippen molar-refractivity contribution in [2.45, 2.75) is 76.2 Å². The van der Waals surface area contributed by atoms with E-state index >= 15 is 0 Å². The number of benzene rings is 2. The minimum atomic E-state index is -4.44. The molecule has 3 aliphatic rings. The number of aromatic nitrogens is 2. The second-order valence-corrected chi connectivity index (χ2v) is 12.2. The van der Waals surface area contributed by atoms with Crippen LogP contribution in [0.15, 0.2) is 53.5 Å². The molecule has 1 saturated heterocycles. The van der Waals surface area contributed by atoms with Gasteiger partial charge in [-0.15, -0.1) is 0 Å². The molecule has 2 heterocycles. The predicted molar refractivity (Wildman–Crippen MR) is 164 cm³/mol. The zero-order valence-electron chi connectivity index (χ0n) is 24.8. The van der Waals surface area contributed by atoms with E-state index in [1.807, 2.05) is 4.90 Å². The number of anilines is 2. The molecule has 1 aromatic heterocycles. The Morgan fingerprint density at radius 2 is 1.91 bits per heavy atom. The molecule has 1 spiro atoms. The fourth-order valence-corrected chi connectivity index (χ4v) is 7.14. The fraction of sp³-hybridized carbons (Fsp3) is 0.455. The first-order valence-corrected chi connectivity index (χ1v) is 15.2. The Kier molecular flexibility index (Phi) is 8.08. The maximum atomic E-state index is 13.4. The van der Waals surface area contributed by atoms with E-state index < -0.39 is 23.5 Å². The van der Waals surface area contributed by atoms with Crippen molar-refractivity contribution in [3.63, 3.8) is 0 Å². The first kappa shape index (κ1) is 30.1. The first-order valence-electron chi connectivity index (χ1n) is 15.2. The third-order valence-electron chi connectivity index (χ3n) is 9.69. The van der Waals surface area contributed by atoms with Gasteiger partial charge < -0.3 is 15.3 Å². The van der Waals surface area contributed by atoms with Gasteiger partial charge in [0.05, 0.1) is 12.2 Å². The van der Waals surface area contributed by atoms with Crippen molar-refractivity contribution in [3.05, 3.63) is 76.6 Å². The number of carboxylic acid groups (broad SMARTS) is 1. The first-order chi connectivity index (χ1) is 21.1. The lowest BCUT2D eigenvalue weighted by Gasteiger charge is -2.41. The van der Waals surface area contributed by atoms with E-state index in [0.717, 1.165) is 63.6 Å². The third kappa shape index (κ3) is 5.65. The van der Waals surface area contributed by atoms with Gasteiger partial charge >= 0.3 is 12.1 Å². The molecular formula is C33H37F3N6O2. The number of hydrogen-bond donors (Lipinski definition) is 2. The quantitative estimate of drug-likeness (QED) is 0.240. The molecule has 232 valence electrons. The van der Waals surface area contributed by atoms with Gasteiger partial charge in [0.15, 0.2) is 11.6 Å². The topological polar surface area (TPSA) is 93.9 Å². The van der Waals surface area contributed by atoms with Gasteiger partial charge in [-0.05, 0) is 86.9 Å². The van der Waals surface area contributed by atoms with E-state index in [1.165, 1.54) is 23.3 Å². The number of nitrogens with one attached hydrogen (secondary N) is 1. The van der Waals surface area contributed by atoms with Gasteiger partial charge in [-0.3, -0.25) is 4.90 Å². The van der Waals surface area contributed by atoms with Crippen LogP contribution in [0.4, 0.5) is 30.5 Å². The average Bonchev–Trinajstić information content (AvgIpc) is 3.55. The molecule has 2 aliphatic carbocycles. The molecule has 0 amide bonds. The van der Waals surface area contributed by atoms with Crippen LogP contribution in [-0.4, -0.2) is 51.9 Å². The van der Waals surface area contributed by atoms with Crippen LogP contribution in [0, 0.1) is 5.92 Å². The minimum Gasteiger partial charge on any atom is -0.475 e. The van der Waals surface area contributed by atoms with Crippen molar-refractivity contribution in [1.82, 2.24) is 14.9 Å². The average molecular weight is 607 g/mol. The highest BCUT2D eigenvalue weighted by Crippen LogP contribution is 2.49. The van der Waals surface area contributed by atoms with Gasteiger partial charge in [-0.1, -0.05) is 42.8 Å². The van der Waals surface area contributed by atoms with Gasteiger partial charge in [0.25, 0.3) is 0 Å². The Morgan fingerprint density at radius 1 is 1.16 bits per heavy atom. The van der Waals surface area contributed by atoms with Crippen molar-refractivity contribution in [1.29, 1.82) is 0 Å². The molecule has 3 aromatic rings. The number of nitrogens with zero attached hydrogens (tertiary/aromatic N) is 5. The van der Waals surface area contributed by atoms with Crippen LogP contribution in [0.1, 0.15) is 78.3 Å². The summed E-state index contributed by atoms with van der Waals surface area (Å²) in [6.07, 6.45) is 2.81. The van der Waals surface area contributed by atoms with Crippen LogP contribution < -0.4 is 10.2 Å². The maximum absolute atomic E-state index is 13.4. The predicted octanol–water partition coefficient (Wildman–Crippen LogP) is 7.03. The molecule has 2 fully saturated rings. The summed E-state index contributed by atoms with van der Waals surface area (Å²) < 4.78 is 40.1. The Labute approximate surface area is 255 Å². The highest BCUT2D eigenvalue weighted by atomic mass is 19.4. The van der Waals surface area contributed by atoms with Gasteiger partial charge in [0.2, 0.25) is 5.82 Å². The lowest BCUT2D eigenvalue weighted by Crippen LogP contribution is -2.46. The van der Waals surface area contributed by atoms with Crippen LogP contribution >= 0.6 is 0 Å². The Balaban J connectivity index is 1.43. The molecule has 0 radical (unpaired) electrons. The normalized spacial score (nSPS) is 20.7. The van der Waals surface area contributed by atoms with E-state index in [4.69, 9.17) is 0 Å². The second-order valence-electron chi connectivity index (χ2n) is 12.2. The highest BCUT2D eigenvalue weighted by molar-refractivity contribution is 5.87. The number of hydrogen-bond acceptors (Lipinski definition) is 7. The number of aromatic carboxylic acids is 1. The van der Waals surface area contributed by atoms with Crippen LogP contribution in [0.3, 0.4) is 0 Å². The summed E-state index contributed by atoms with van der Waals surface area (Å²) in [5, 5.41) is 13.3. The molecule has 2 aromatic carbocycles. The van der Waals surface area contributed by atoms with Crippen molar-refractivity contribution < 1.29 is 23.1 Å². The highest BCUT2D eigenvalue weighted by Gasteiger charge is 2.47. The molecule has 2 atom stereocenters. The summed E-state index contributed by atoms with van der Waals surface area (Å²) >= 11 is 0. The van der Waals surface area contributed by atoms with Gasteiger partial charge in [0.1, 0.15) is 5.69 Å². The number of carbonyl (C=O) groups is 1. The van der Waals surface area contributed by atoms with Crippen molar-refractivity contribution in [2.75, 3.05) is 23.4 Å². The zero-order chi connectivity index (χ0) is 31.1. The summed E-state index contributed by atoms with van der Waals surface area (Å²) in [5.74, 6) is -0.794. The summed E-state index contributed by atoms with van der Waals surface area (Å²) in [6, 6.07) is 13.7. The van der Waals surface area contributed by atoms with Crippen molar-refractivity contribution in [3.8, 4) is 0 Å². The van der Waals surface area contributed by atoms with Crippen LogP contribution in [0.5, 0.6) is 0 Å². The third-order valence-corrected chi connectivity index (χ3v) is 9.69. The lowest BCUT2D eigenvalue weighted by molar-refractivity contribution is -0.137. The molecule has 0 bridgehead atoms. The largest absolute Gasteiger partial charge is 0.475 e. The number of aryl methyl sites for hydroxylation is 1. The number of likely N-dealkylation sites (tertiary alicyclic amines) is 1. The SMILES string of the molecule is C=Nc1nc(C(=O)O)nc(N[C@H](C)C2CCC2)c1N(Cc1ccc(C(F)(F)F)cc1)CN1CCCC12CCc1ccccc12. The fourth-order valence-electron chi connectivity index (χ4n) is 7.14. The number of alkyl halides is 3. The smallest absolute Gasteiger partial charge is 0.416 e. The Morgan fingerprint density at radius 3 is 2.57 bits per heavy atom. The number of halogens is 3. The van der Waals surface area contributed by atoms with Crippen molar-refractivity contribution in [2.24, 2.45) is 10.9 Å². The molecule has 1 saturated carbocycles. The van der Waals surface area contributed by atoms with Crippen molar-refractivity contribution >= 4 is 30.0 Å². The molecule has 8 nitrogen and oxygen atoms in total. The molecule has 11 heteroatoms. The zero-order valence-corrected chi connectivity index (χ0v) is 24.8. The molecule has 2 N–H and O–H groups in total. The second kappa shape index (κ2) is 11.8. The summed E-state index contributed by atoms with van der Waals surface area (Å²) in [5.41, 5.74) is 2.94. The molecule has 6 rings (SSSR count). The maximum Gasteiger partial charge on any atom is 0.416 e. The van der Waals surface area contributed by atoms with Gasteiger partial charge in [-0.2, -0.15) is 13.2 Å². The number of aliphatic imine (C=N–C) groups is 1.